The molecule has 1 amide bonds. The van der Waals surface area contributed by atoms with Crippen molar-refractivity contribution in [2.24, 2.45) is 0 Å². The number of likely N-dealkylation sites (tertiary alicyclic amines) is 1. The summed E-state index contributed by atoms with van der Waals surface area (Å²) >= 11 is 1.51. The summed E-state index contributed by atoms with van der Waals surface area (Å²) in [5.74, 6) is 1.07. The van der Waals surface area contributed by atoms with E-state index in [9.17, 15) is 9.59 Å². The Balaban J connectivity index is 1.31. The number of benzene rings is 1. The molecule has 0 saturated carbocycles. The summed E-state index contributed by atoms with van der Waals surface area (Å²) in [6.45, 7) is 1.07. The minimum Gasteiger partial charge on any atom is -0.493 e. The summed E-state index contributed by atoms with van der Waals surface area (Å²) in [5, 5.41) is 10.9. The van der Waals surface area contributed by atoms with E-state index in [2.05, 4.69) is 10.2 Å². The van der Waals surface area contributed by atoms with Crippen molar-refractivity contribution in [3.63, 3.8) is 0 Å². The monoisotopic (exact) mass is 437 g/mol. The van der Waals surface area contributed by atoms with E-state index in [0.29, 0.717) is 35.6 Å². The van der Waals surface area contributed by atoms with Crippen LogP contribution in [0.5, 0.6) is 5.75 Å². The number of methoxy groups -OCH3 is 1. The van der Waals surface area contributed by atoms with Crippen LogP contribution in [0.3, 0.4) is 0 Å². The quantitative estimate of drug-likeness (QED) is 0.446. The van der Waals surface area contributed by atoms with Crippen LogP contribution in [0.25, 0.3) is 21.7 Å². The lowest BCUT2D eigenvalue weighted by Gasteiger charge is -2.30. The molecule has 0 aliphatic carbocycles. The average Bonchev–Trinajstić information content (AvgIpc) is 3.50. The van der Waals surface area contributed by atoms with E-state index in [1.807, 2.05) is 12.1 Å². The number of hydrogen-bond acceptors (Lipinski definition) is 8. The van der Waals surface area contributed by atoms with E-state index >= 15 is 0 Å². The molecule has 1 saturated heterocycles. The zero-order valence-corrected chi connectivity index (χ0v) is 17.6. The fourth-order valence-corrected chi connectivity index (χ4v) is 4.81. The highest BCUT2D eigenvalue weighted by Gasteiger charge is 2.29. The molecule has 1 fully saturated rings. The first kappa shape index (κ1) is 19.5. The Morgan fingerprint density at radius 2 is 2.03 bits per heavy atom. The summed E-state index contributed by atoms with van der Waals surface area (Å²) in [7, 11) is 1.51. The third kappa shape index (κ3) is 3.61. The molecule has 0 spiro atoms. The predicted molar refractivity (Wildman–Crippen MR) is 115 cm³/mol. The van der Waals surface area contributed by atoms with E-state index in [1.54, 1.807) is 35.4 Å². The molecule has 0 unspecified atom stereocenters. The molecule has 8 nitrogen and oxygen atoms in total. The van der Waals surface area contributed by atoms with Crippen molar-refractivity contribution in [2.45, 2.75) is 18.8 Å². The van der Waals surface area contributed by atoms with Gasteiger partial charge < -0.3 is 18.5 Å². The fraction of sp³-hybridized carbons (Fsp3) is 0.273. The number of carbonyl (C=O) groups excluding carboxylic acids is 1. The number of rotatable bonds is 4. The van der Waals surface area contributed by atoms with E-state index in [-0.39, 0.29) is 17.4 Å². The second-order valence-electron chi connectivity index (χ2n) is 7.32. The van der Waals surface area contributed by atoms with Gasteiger partial charge in [0.05, 0.1) is 13.4 Å². The van der Waals surface area contributed by atoms with Gasteiger partial charge in [-0.25, -0.2) is 4.79 Å². The molecule has 0 atom stereocenters. The van der Waals surface area contributed by atoms with Crippen molar-refractivity contribution >= 4 is 28.2 Å². The lowest BCUT2D eigenvalue weighted by molar-refractivity contribution is 0.0708. The maximum Gasteiger partial charge on any atom is 0.349 e. The van der Waals surface area contributed by atoms with Crippen molar-refractivity contribution < 1.29 is 18.4 Å². The Kier molecular flexibility index (Phi) is 5.03. The van der Waals surface area contributed by atoms with Gasteiger partial charge in [-0.2, -0.15) is 0 Å². The third-order valence-corrected chi connectivity index (χ3v) is 6.58. The fourth-order valence-electron chi connectivity index (χ4n) is 3.83. The molecule has 31 heavy (non-hydrogen) atoms. The molecule has 158 valence electrons. The highest BCUT2D eigenvalue weighted by molar-refractivity contribution is 7.14. The Labute approximate surface area is 181 Å². The minimum atomic E-state index is -0.656. The topological polar surface area (TPSA) is 98.7 Å². The van der Waals surface area contributed by atoms with E-state index in [1.165, 1.54) is 18.4 Å². The van der Waals surface area contributed by atoms with E-state index in [0.717, 1.165) is 22.9 Å². The second kappa shape index (κ2) is 7.99. The molecule has 4 aromatic rings. The Morgan fingerprint density at radius 1 is 1.19 bits per heavy atom. The number of carbonyl (C=O) groups is 1. The van der Waals surface area contributed by atoms with Crippen molar-refractivity contribution in [1.82, 2.24) is 15.1 Å². The van der Waals surface area contributed by atoms with Crippen LogP contribution in [-0.2, 0) is 0 Å². The third-order valence-electron chi connectivity index (χ3n) is 5.48. The van der Waals surface area contributed by atoms with Crippen LogP contribution in [0.15, 0.2) is 56.3 Å². The Bertz CT molecular complexity index is 1290. The first-order valence-electron chi connectivity index (χ1n) is 9.91. The molecule has 3 aromatic heterocycles. The molecule has 9 heteroatoms. The molecule has 1 aromatic carbocycles. The van der Waals surface area contributed by atoms with Crippen LogP contribution in [0.1, 0.15) is 34.1 Å². The van der Waals surface area contributed by atoms with Crippen LogP contribution in [-0.4, -0.2) is 41.2 Å². The molecule has 0 bridgehead atoms. The molecule has 1 aliphatic rings. The Hall–Kier alpha value is -3.46. The maximum atomic E-state index is 13.0. The van der Waals surface area contributed by atoms with Crippen LogP contribution in [0, 0.1) is 0 Å². The minimum absolute atomic E-state index is 0.0372. The van der Waals surface area contributed by atoms with Gasteiger partial charge in [0, 0.05) is 24.4 Å². The zero-order chi connectivity index (χ0) is 21.4. The average molecular weight is 437 g/mol. The predicted octanol–water partition coefficient (Wildman–Crippen LogP) is 3.93. The lowest BCUT2D eigenvalue weighted by atomic mass is 9.97. The number of aromatic nitrogens is 2. The van der Waals surface area contributed by atoms with Gasteiger partial charge in [0.2, 0.25) is 0 Å². The van der Waals surface area contributed by atoms with Crippen LogP contribution < -0.4 is 10.4 Å². The standard InChI is InChI=1S/C22H19N3O5S/c1-28-16-5-2-4-14-12-15(22(27)30-18(14)16)21(26)25-9-7-13(8-10-25)19-23-24-20(31-19)17-6-3-11-29-17/h2-6,11-13H,7-10H2,1H3. The van der Waals surface area contributed by atoms with Crippen molar-refractivity contribution in [3.8, 4) is 16.5 Å². The van der Waals surface area contributed by atoms with Gasteiger partial charge in [-0.1, -0.05) is 23.5 Å². The highest BCUT2D eigenvalue weighted by atomic mass is 32.1. The number of ether oxygens (including phenoxy) is 1. The zero-order valence-electron chi connectivity index (χ0n) is 16.7. The first-order valence-corrected chi connectivity index (χ1v) is 10.7. The Morgan fingerprint density at radius 3 is 2.77 bits per heavy atom. The SMILES string of the molecule is COc1cccc2cc(C(=O)N3CCC(c4nnc(-c5ccco5)s4)CC3)c(=O)oc12. The van der Waals surface area contributed by atoms with Gasteiger partial charge in [0.15, 0.2) is 22.1 Å². The molecular weight excluding hydrogens is 418 g/mol. The number of amides is 1. The molecule has 0 N–H and O–H groups in total. The van der Waals surface area contributed by atoms with Crippen molar-refractivity contribution in [1.29, 1.82) is 0 Å². The van der Waals surface area contributed by atoms with Crippen molar-refractivity contribution in [3.05, 3.63) is 63.7 Å². The summed E-state index contributed by atoms with van der Waals surface area (Å²) in [6, 6.07) is 10.5. The molecular formula is C22H19N3O5S. The summed E-state index contributed by atoms with van der Waals surface area (Å²) in [6.07, 6.45) is 3.12. The van der Waals surface area contributed by atoms with Crippen LogP contribution in [0.4, 0.5) is 0 Å². The normalized spacial score (nSPS) is 14.8. The first-order chi connectivity index (χ1) is 15.1. The lowest BCUT2D eigenvalue weighted by Crippen LogP contribution is -2.39. The number of furan rings is 1. The van der Waals surface area contributed by atoms with Crippen LogP contribution >= 0.6 is 11.3 Å². The van der Waals surface area contributed by atoms with Gasteiger partial charge in [0.25, 0.3) is 5.91 Å². The highest BCUT2D eigenvalue weighted by Crippen LogP contribution is 2.34. The van der Waals surface area contributed by atoms with Gasteiger partial charge in [-0.3, -0.25) is 4.79 Å². The molecule has 1 aliphatic heterocycles. The van der Waals surface area contributed by atoms with Gasteiger partial charge in [0.1, 0.15) is 10.6 Å². The number of para-hydroxylation sites is 1. The summed E-state index contributed by atoms with van der Waals surface area (Å²) in [5.41, 5.74) is -0.277. The number of piperidine rings is 1. The maximum absolute atomic E-state index is 13.0. The van der Waals surface area contributed by atoms with E-state index < -0.39 is 5.63 Å². The molecule has 0 radical (unpaired) electrons. The number of fused-ring (bicyclic) bond motifs is 1. The van der Waals surface area contributed by atoms with Crippen LogP contribution in [0.2, 0.25) is 0 Å². The molecule has 4 heterocycles. The van der Waals surface area contributed by atoms with Gasteiger partial charge in [-0.15, -0.1) is 10.2 Å². The van der Waals surface area contributed by atoms with Crippen molar-refractivity contribution in [2.75, 3.05) is 20.2 Å². The second-order valence-corrected chi connectivity index (χ2v) is 8.32. The smallest absolute Gasteiger partial charge is 0.349 e. The number of hydrogen-bond donors (Lipinski definition) is 0. The van der Waals surface area contributed by atoms with E-state index in [4.69, 9.17) is 13.6 Å². The largest absolute Gasteiger partial charge is 0.493 e. The summed E-state index contributed by atoms with van der Waals surface area (Å²) in [4.78, 5) is 27.2. The van der Waals surface area contributed by atoms with Gasteiger partial charge >= 0.3 is 5.63 Å². The summed E-state index contributed by atoms with van der Waals surface area (Å²) < 4.78 is 16.0. The number of nitrogens with zero attached hydrogens (tertiary/aromatic N) is 3. The molecule has 5 rings (SSSR count). The van der Waals surface area contributed by atoms with Gasteiger partial charge in [-0.05, 0) is 37.1 Å².